The molecule has 0 N–H and O–H groups in total. The Labute approximate surface area is 156 Å². The fraction of sp³-hybridized carbons (Fsp3) is 0.550. The van der Waals surface area contributed by atoms with Gasteiger partial charge >= 0.3 is 6.18 Å². The first kappa shape index (κ1) is 19.9. The SMILES string of the molecule is O=C(C=CN1CCC[C@H]1CN1CCCCC1)c1cc(F)cc(C(F)(F)F)c1. The number of hydrogen-bond donors (Lipinski definition) is 0. The zero-order valence-electron chi connectivity index (χ0n) is 15.1. The van der Waals surface area contributed by atoms with Crippen molar-refractivity contribution in [2.24, 2.45) is 0 Å². The van der Waals surface area contributed by atoms with Crippen LogP contribution in [0.2, 0.25) is 0 Å². The number of carbonyl (C=O) groups is 1. The first-order chi connectivity index (χ1) is 12.8. The van der Waals surface area contributed by atoms with Crippen LogP contribution >= 0.6 is 0 Å². The number of nitrogens with zero attached hydrogens (tertiary/aromatic N) is 2. The normalized spacial score (nSPS) is 21.9. The molecule has 1 aromatic carbocycles. The summed E-state index contributed by atoms with van der Waals surface area (Å²) in [5, 5.41) is 0. The molecule has 0 radical (unpaired) electrons. The zero-order chi connectivity index (χ0) is 19.4. The van der Waals surface area contributed by atoms with Crippen LogP contribution in [-0.4, -0.2) is 47.8 Å². The molecule has 2 saturated heterocycles. The van der Waals surface area contributed by atoms with E-state index in [9.17, 15) is 22.4 Å². The number of halogens is 4. The Kier molecular flexibility index (Phi) is 6.19. The Morgan fingerprint density at radius 1 is 1.07 bits per heavy atom. The van der Waals surface area contributed by atoms with E-state index >= 15 is 0 Å². The van der Waals surface area contributed by atoms with Crippen molar-refractivity contribution in [1.82, 2.24) is 9.80 Å². The third-order valence-corrected chi connectivity index (χ3v) is 5.27. The lowest BCUT2D eigenvalue weighted by molar-refractivity contribution is -0.137. The highest BCUT2D eigenvalue weighted by Crippen LogP contribution is 2.30. The van der Waals surface area contributed by atoms with Crippen molar-refractivity contribution in [2.45, 2.75) is 44.3 Å². The number of allylic oxidation sites excluding steroid dienone is 1. The van der Waals surface area contributed by atoms with Crippen LogP contribution in [0, 0.1) is 5.82 Å². The van der Waals surface area contributed by atoms with Crippen LogP contribution in [0.4, 0.5) is 17.6 Å². The molecule has 2 heterocycles. The largest absolute Gasteiger partial charge is 0.416 e. The number of benzene rings is 1. The number of rotatable bonds is 5. The van der Waals surface area contributed by atoms with E-state index in [1.54, 1.807) is 6.20 Å². The summed E-state index contributed by atoms with van der Waals surface area (Å²) in [4.78, 5) is 16.8. The Morgan fingerprint density at radius 2 is 1.81 bits per heavy atom. The molecule has 27 heavy (non-hydrogen) atoms. The third kappa shape index (κ3) is 5.31. The average Bonchev–Trinajstić information content (AvgIpc) is 3.06. The van der Waals surface area contributed by atoms with Crippen LogP contribution in [0.25, 0.3) is 0 Å². The van der Waals surface area contributed by atoms with Gasteiger partial charge in [-0.2, -0.15) is 13.2 Å². The lowest BCUT2D eigenvalue weighted by Crippen LogP contribution is -2.40. The van der Waals surface area contributed by atoms with Crippen LogP contribution < -0.4 is 0 Å². The first-order valence-corrected chi connectivity index (χ1v) is 9.41. The van der Waals surface area contributed by atoms with Crippen molar-refractivity contribution in [3.8, 4) is 0 Å². The minimum absolute atomic E-state index is 0.287. The van der Waals surface area contributed by atoms with Gasteiger partial charge in [-0.15, -0.1) is 0 Å². The third-order valence-electron chi connectivity index (χ3n) is 5.27. The molecule has 0 aromatic heterocycles. The van der Waals surface area contributed by atoms with Gasteiger partial charge in [-0.25, -0.2) is 4.39 Å². The number of hydrogen-bond acceptors (Lipinski definition) is 3. The minimum atomic E-state index is -4.69. The van der Waals surface area contributed by atoms with Crippen molar-refractivity contribution < 1.29 is 22.4 Å². The molecule has 7 heteroatoms. The fourth-order valence-corrected chi connectivity index (χ4v) is 3.85. The van der Waals surface area contributed by atoms with Crippen molar-refractivity contribution >= 4 is 5.78 Å². The second-order valence-electron chi connectivity index (χ2n) is 7.30. The maximum absolute atomic E-state index is 13.5. The Bertz CT molecular complexity index is 696. The summed E-state index contributed by atoms with van der Waals surface area (Å²) in [5.74, 6) is -1.69. The summed E-state index contributed by atoms with van der Waals surface area (Å²) >= 11 is 0. The molecule has 0 saturated carbocycles. The maximum Gasteiger partial charge on any atom is 0.416 e. The van der Waals surface area contributed by atoms with E-state index in [0.29, 0.717) is 18.2 Å². The molecule has 1 aromatic rings. The van der Waals surface area contributed by atoms with Gasteiger partial charge in [0.25, 0.3) is 0 Å². The van der Waals surface area contributed by atoms with Crippen molar-refractivity contribution in [3.05, 3.63) is 47.4 Å². The summed E-state index contributed by atoms with van der Waals surface area (Å²) in [7, 11) is 0. The summed E-state index contributed by atoms with van der Waals surface area (Å²) in [6, 6.07) is 2.25. The lowest BCUT2D eigenvalue weighted by atomic mass is 10.1. The van der Waals surface area contributed by atoms with E-state index in [1.807, 2.05) is 0 Å². The van der Waals surface area contributed by atoms with E-state index in [1.165, 1.54) is 25.3 Å². The predicted molar refractivity (Wildman–Crippen MR) is 94.9 cm³/mol. The second-order valence-corrected chi connectivity index (χ2v) is 7.30. The summed E-state index contributed by atoms with van der Waals surface area (Å²) in [6.45, 7) is 3.95. The van der Waals surface area contributed by atoms with Crippen LogP contribution in [0.3, 0.4) is 0 Å². The van der Waals surface area contributed by atoms with Gasteiger partial charge < -0.3 is 9.80 Å². The summed E-state index contributed by atoms with van der Waals surface area (Å²) in [6.07, 6.45) is 3.97. The van der Waals surface area contributed by atoms with Gasteiger partial charge in [-0.3, -0.25) is 4.79 Å². The summed E-state index contributed by atoms with van der Waals surface area (Å²) < 4.78 is 51.9. The smallest absolute Gasteiger partial charge is 0.373 e. The molecule has 3 rings (SSSR count). The van der Waals surface area contributed by atoms with Crippen LogP contribution in [0.1, 0.15) is 48.0 Å². The van der Waals surface area contributed by atoms with E-state index in [-0.39, 0.29) is 5.56 Å². The van der Waals surface area contributed by atoms with Crippen LogP contribution in [0.5, 0.6) is 0 Å². The average molecular weight is 384 g/mol. The summed E-state index contributed by atoms with van der Waals surface area (Å²) in [5.41, 5.74) is -1.44. The highest BCUT2D eigenvalue weighted by Gasteiger charge is 2.32. The Morgan fingerprint density at radius 3 is 2.52 bits per heavy atom. The number of alkyl halides is 3. The van der Waals surface area contributed by atoms with Gasteiger partial charge in [0.1, 0.15) is 5.82 Å². The molecule has 2 fully saturated rings. The van der Waals surface area contributed by atoms with Gasteiger partial charge in [0.2, 0.25) is 0 Å². The second kappa shape index (κ2) is 8.42. The van der Waals surface area contributed by atoms with Gasteiger partial charge in [0.05, 0.1) is 5.56 Å². The molecule has 0 amide bonds. The van der Waals surface area contributed by atoms with Gasteiger partial charge in [0.15, 0.2) is 5.78 Å². The molecule has 0 bridgehead atoms. The molecule has 0 spiro atoms. The highest BCUT2D eigenvalue weighted by molar-refractivity contribution is 6.04. The first-order valence-electron chi connectivity index (χ1n) is 9.41. The van der Waals surface area contributed by atoms with E-state index in [4.69, 9.17) is 0 Å². The predicted octanol–water partition coefficient (Wildman–Crippen LogP) is 4.49. The monoisotopic (exact) mass is 384 g/mol. The van der Waals surface area contributed by atoms with E-state index in [2.05, 4.69) is 9.80 Å². The molecule has 0 unspecified atom stereocenters. The number of ketones is 1. The van der Waals surface area contributed by atoms with E-state index < -0.39 is 23.3 Å². The molecular formula is C20H24F4N2O. The van der Waals surface area contributed by atoms with Crippen LogP contribution in [0.15, 0.2) is 30.5 Å². The van der Waals surface area contributed by atoms with Crippen molar-refractivity contribution in [1.29, 1.82) is 0 Å². The number of carbonyl (C=O) groups excluding carboxylic acids is 1. The topological polar surface area (TPSA) is 23.6 Å². The maximum atomic E-state index is 13.5. The van der Waals surface area contributed by atoms with Gasteiger partial charge in [0, 0.05) is 37.0 Å². The van der Waals surface area contributed by atoms with Gasteiger partial charge in [-0.05, 0) is 57.0 Å². The Balaban J connectivity index is 1.66. The minimum Gasteiger partial charge on any atom is -0.373 e. The quantitative estimate of drug-likeness (QED) is 0.425. The fourth-order valence-electron chi connectivity index (χ4n) is 3.85. The van der Waals surface area contributed by atoms with E-state index in [0.717, 1.165) is 45.1 Å². The Hall–Kier alpha value is -1.89. The molecular weight excluding hydrogens is 360 g/mol. The van der Waals surface area contributed by atoms with Crippen molar-refractivity contribution in [3.63, 3.8) is 0 Å². The molecule has 2 aliphatic rings. The van der Waals surface area contributed by atoms with Crippen molar-refractivity contribution in [2.75, 3.05) is 26.2 Å². The molecule has 1 atom stereocenters. The lowest BCUT2D eigenvalue weighted by Gasteiger charge is -2.32. The molecule has 2 aliphatic heterocycles. The number of piperidine rings is 1. The standard InChI is InChI=1S/C20H24F4N2O/c21-17-12-15(11-16(13-17)20(22,23)24)19(27)6-10-26-9-4-5-18(26)14-25-7-2-1-3-8-25/h6,10-13,18H,1-5,7-9,14H2/t18-/m0/s1. The van der Waals surface area contributed by atoms with Gasteiger partial charge in [-0.1, -0.05) is 6.42 Å². The molecule has 3 nitrogen and oxygen atoms in total. The molecule has 0 aliphatic carbocycles. The zero-order valence-corrected chi connectivity index (χ0v) is 15.1. The molecule has 148 valence electrons. The van der Waals surface area contributed by atoms with Crippen LogP contribution in [-0.2, 0) is 6.18 Å². The number of likely N-dealkylation sites (tertiary alicyclic amines) is 2. The highest BCUT2D eigenvalue weighted by atomic mass is 19.4.